The van der Waals surface area contributed by atoms with Gasteiger partial charge in [-0.1, -0.05) is 6.92 Å². The average Bonchev–Trinajstić information content (AvgIpc) is 2.25. The summed E-state index contributed by atoms with van der Waals surface area (Å²) >= 11 is 0. The molecule has 1 atom stereocenters. The number of nitrogens with zero attached hydrogens (tertiary/aromatic N) is 1. The van der Waals surface area contributed by atoms with Gasteiger partial charge < -0.3 is 9.05 Å². The first-order valence-electron chi connectivity index (χ1n) is 5.63. The Hall–Kier alpha value is -0.590. The predicted molar refractivity (Wildman–Crippen MR) is 61.4 cm³/mol. The summed E-state index contributed by atoms with van der Waals surface area (Å²) < 4.78 is 49.2. The topological polar surface area (TPSA) is 78.7 Å². The van der Waals surface area contributed by atoms with Crippen molar-refractivity contribution in [3.63, 3.8) is 0 Å². The molecule has 6 nitrogen and oxygen atoms in total. The summed E-state index contributed by atoms with van der Waals surface area (Å²) in [6.45, 7) is 2.74. The van der Waals surface area contributed by atoms with Crippen molar-refractivity contribution in [2.45, 2.75) is 32.9 Å². The molecule has 0 N–H and O–H groups in total. The summed E-state index contributed by atoms with van der Waals surface area (Å²) in [6, 6.07) is 0. The van der Waals surface area contributed by atoms with E-state index in [1.165, 1.54) is 20.8 Å². The van der Waals surface area contributed by atoms with Gasteiger partial charge in [-0.15, -0.1) is 0 Å². The number of hydrogen-bond acceptors (Lipinski definition) is 5. The van der Waals surface area contributed by atoms with Crippen LogP contribution in [-0.4, -0.2) is 30.3 Å². The molecule has 0 spiro atoms. The van der Waals surface area contributed by atoms with Crippen LogP contribution in [0.1, 0.15) is 27.2 Å². The van der Waals surface area contributed by atoms with Crippen LogP contribution in [0.4, 0.5) is 8.78 Å². The van der Waals surface area contributed by atoms with Crippen LogP contribution in [0.5, 0.6) is 0 Å². The Balaban J connectivity index is 5.24. The molecule has 0 aliphatic rings. The molecule has 18 heavy (non-hydrogen) atoms. The number of rotatable bonds is 9. The minimum Gasteiger partial charge on any atom is -0.305 e. The monoisotopic (exact) mass is 289 g/mol. The van der Waals surface area contributed by atoms with E-state index in [1.807, 2.05) is 0 Å². The maximum atomic E-state index is 14.1. The lowest BCUT2D eigenvalue weighted by atomic mass is 10.1. The van der Waals surface area contributed by atoms with Gasteiger partial charge in [0, 0.05) is 4.92 Å². The second kappa shape index (κ2) is 7.11. The van der Waals surface area contributed by atoms with E-state index in [-0.39, 0.29) is 19.6 Å². The van der Waals surface area contributed by atoms with E-state index in [2.05, 4.69) is 9.05 Å². The van der Waals surface area contributed by atoms with Crippen molar-refractivity contribution in [1.29, 1.82) is 0 Å². The maximum Gasteiger partial charge on any atom is 0.400 e. The predicted octanol–water partition coefficient (Wildman–Crippen LogP) is 3.15. The molecule has 1 unspecified atom stereocenters. The highest BCUT2D eigenvalue weighted by atomic mass is 31.2. The van der Waals surface area contributed by atoms with E-state index in [1.54, 1.807) is 0 Å². The van der Waals surface area contributed by atoms with Crippen LogP contribution in [0.15, 0.2) is 0 Å². The Morgan fingerprint density at radius 1 is 1.28 bits per heavy atom. The molecule has 0 bridgehead atoms. The normalized spacial score (nSPS) is 14.5. The fourth-order valence-electron chi connectivity index (χ4n) is 1.44. The molecule has 0 heterocycles. The summed E-state index contributed by atoms with van der Waals surface area (Å²) in [7, 11) is -4.69. The second-order valence-corrected chi connectivity index (χ2v) is 5.65. The third kappa shape index (κ3) is 3.96. The summed E-state index contributed by atoms with van der Waals surface area (Å²) in [4.78, 5) is 9.50. The first-order valence-corrected chi connectivity index (χ1v) is 7.18. The van der Waals surface area contributed by atoms with Crippen LogP contribution in [0.3, 0.4) is 0 Å². The fourth-order valence-corrected chi connectivity index (χ4v) is 3.25. The first kappa shape index (κ1) is 17.4. The molecule has 0 amide bonds. The highest BCUT2D eigenvalue weighted by Gasteiger charge is 2.59. The van der Waals surface area contributed by atoms with Crippen LogP contribution < -0.4 is 0 Å². The Morgan fingerprint density at radius 2 is 1.72 bits per heavy atom. The molecule has 0 rings (SSSR count). The summed E-state index contributed by atoms with van der Waals surface area (Å²) in [6.07, 6.45) is -0.196. The van der Waals surface area contributed by atoms with Gasteiger partial charge >= 0.3 is 13.3 Å². The molecular formula is C9H18F2NO5P. The van der Waals surface area contributed by atoms with Gasteiger partial charge in [-0.25, -0.2) is 0 Å². The molecule has 0 aromatic rings. The van der Waals surface area contributed by atoms with E-state index in [4.69, 9.17) is 0 Å². The lowest BCUT2D eigenvalue weighted by Crippen LogP contribution is -2.34. The van der Waals surface area contributed by atoms with Crippen molar-refractivity contribution in [3.05, 3.63) is 10.1 Å². The van der Waals surface area contributed by atoms with E-state index >= 15 is 0 Å². The van der Waals surface area contributed by atoms with Gasteiger partial charge in [0.05, 0.1) is 19.1 Å². The zero-order valence-corrected chi connectivity index (χ0v) is 11.5. The van der Waals surface area contributed by atoms with Crippen LogP contribution in [0.2, 0.25) is 0 Å². The Labute approximate surface area is 104 Å². The van der Waals surface area contributed by atoms with Crippen molar-refractivity contribution in [2.75, 3.05) is 19.8 Å². The largest absolute Gasteiger partial charge is 0.400 e. The van der Waals surface area contributed by atoms with Crippen LogP contribution >= 0.6 is 7.60 Å². The number of nitro groups is 1. The van der Waals surface area contributed by atoms with Crippen molar-refractivity contribution in [1.82, 2.24) is 0 Å². The minimum atomic E-state index is -4.69. The van der Waals surface area contributed by atoms with Crippen LogP contribution in [0.25, 0.3) is 0 Å². The number of hydrogen-bond donors (Lipinski definition) is 0. The maximum absolute atomic E-state index is 14.1. The second-order valence-electron chi connectivity index (χ2n) is 3.54. The van der Waals surface area contributed by atoms with E-state index in [0.29, 0.717) is 0 Å². The van der Waals surface area contributed by atoms with Crippen molar-refractivity contribution < 1.29 is 27.3 Å². The summed E-state index contributed by atoms with van der Waals surface area (Å²) in [5.74, 6) is -1.68. The van der Waals surface area contributed by atoms with E-state index in [0.717, 1.165) is 0 Å². The molecule has 0 saturated carbocycles. The minimum absolute atomic E-state index is 0.196. The Morgan fingerprint density at radius 3 is 2.00 bits per heavy atom. The molecule has 0 aromatic heterocycles. The highest BCUT2D eigenvalue weighted by Crippen LogP contribution is 2.65. The van der Waals surface area contributed by atoms with Gasteiger partial charge in [0.15, 0.2) is 0 Å². The lowest BCUT2D eigenvalue weighted by Gasteiger charge is -2.29. The SMILES string of the molecule is CCOP(=O)(OCC)C(F)(F)C(CC)C[N+](=O)[O-]. The quantitative estimate of drug-likeness (QED) is 0.370. The average molecular weight is 289 g/mol. The molecule has 0 radical (unpaired) electrons. The molecule has 0 aliphatic carbocycles. The molecule has 9 heteroatoms. The van der Waals surface area contributed by atoms with Gasteiger partial charge in [0.25, 0.3) is 0 Å². The van der Waals surface area contributed by atoms with Gasteiger partial charge in [0.1, 0.15) is 0 Å². The Bertz CT molecular complexity index is 316. The molecule has 0 saturated heterocycles. The van der Waals surface area contributed by atoms with Gasteiger partial charge in [0.2, 0.25) is 6.54 Å². The molecule has 108 valence electrons. The molecule has 0 aromatic carbocycles. The summed E-state index contributed by atoms with van der Waals surface area (Å²) in [5, 5.41) is 10.4. The molecule has 0 aliphatic heterocycles. The van der Waals surface area contributed by atoms with Crippen molar-refractivity contribution in [3.8, 4) is 0 Å². The third-order valence-electron chi connectivity index (χ3n) is 2.32. The number of halogens is 2. The third-order valence-corrected chi connectivity index (χ3v) is 4.61. The van der Waals surface area contributed by atoms with Gasteiger partial charge in [-0.2, -0.15) is 8.78 Å². The zero-order chi connectivity index (χ0) is 14.4. The van der Waals surface area contributed by atoms with Crippen LogP contribution in [-0.2, 0) is 13.6 Å². The first-order chi connectivity index (χ1) is 8.25. The van der Waals surface area contributed by atoms with Crippen LogP contribution in [0, 0.1) is 16.0 Å². The van der Waals surface area contributed by atoms with Crippen molar-refractivity contribution in [2.24, 2.45) is 5.92 Å². The molecular weight excluding hydrogens is 271 g/mol. The number of alkyl halides is 2. The Kier molecular flexibility index (Phi) is 6.88. The fraction of sp³-hybridized carbons (Fsp3) is 1.00. The summed E-state index contributed by atoms with van der Waals surface area (Å²) in [5.41, 5.74) is -3.87. The van der Waals surface area contributed by atoms with E-state index in [9.17, 15) is 23.5 Å². The van der Waals surface area contributed by atoms with Crippen molar-refractivity contribution >= 4 is 7.60 Å². The zero-order valence-electron chi connectivity index (χ0n) is 10.6. The van der Waals surface area contributed by atoms with Gasteiger partial charge in [-0.3, -0.25) is 14.7 Å². The van der Waals surface area contributed by atoms with Gasteiger partial charge in [-0.05, 0) is 20.3 Å². The standard InChI is InChI=1S/C9H18F2NO5P/c1-4-8(7-12(13)14)9(10,11)18(15,16-5-2)17-6-3/h8H,4-7H2,1-3H3. The molecule has 0 fully saturated rings. The highest BCUT2D eigenvalue weighted by molar-refractivity contribution is 7.55. The smallest absolute Gasteiger partial charge is 0.305 e. The lowest BCUT2D eigenvalue weighted by molar-refractivity contribution is -0.492. The van der Waals surface area contributed by atoms with E-state index < -0.39 is 30.6 Å².